The topological polar surface area (TPSA) is 55.6 Å². The highest BCUT2D eigenvalue weighted by atomic mass is 16.5. The Morgan fingerprint density at radius 1 is 1.53 bits per heavy atom. The largest absolute Gasteiger partial charge is 0.383 e. The number of hydrogen-bond donors (Lipinski definition) is 1. The maximum atomic E-state index is 12.0. The minimum atomic E-state index is -0.511. The Labute approximate surface area is 91.8 Å². The van der Waals surface area contributed by atoms with Crippen molar-refractivity contribution >= 4 is 5.91 Å². The second kappa shape index (κ2) is 5.47. The molecule has 1 rings (SSSR count). The van der Waals surface area contributed by atoms with Crippen molar-refractivity contribution in [2.75, 3.05) is 20.3 Å². The van der Waals surface area contributed by atoms with Crippen molar-refractivity contribution in [3.8, 4) is 0 Å². The lowest BCUT2D eigenvalue weighted by molar-refractivity contribution is -0.138. The maximum absolute atomic E-state index is 12.0. The Morgan fingerprint density at radius 3 is 2.80 bits per heavy atom. The van der Waals surface area contributed by atoms with Crippen LogP contribution in [0.1, 0.15) is 26.7 Å². The molecule has 88 valence electrons. The molecule has 4 nitrogen and oxygen atoms in total. The molecular weight excluding hydrogens is 192 g/mol. The molecule has 1 heterocycles. The maximum Gasteiger partial charge on any atom is 0.242 e. The average molecular weight is 214 g/mol. The monoisotopic (exact) mass is 214 g/mol. The number of amides is 1. The van der Waals surface area contributed by atoms with Gasteiger partial charge in [0.2, 0.25) is 5.91 Å². The molecule has 2 N–H and O–H groups in total. The zero-order chi connectivity index (χ0) is 11.4. The first kappa shape index (κ1) is 12.5. The third kappa shape index (κ3) is 3.18. The van der Waals surface area contributed by atoms with Crippen molar-refractivity contribution < 1.29 is 9.53 Å². The number of methoxy groups -OCH3 is 1. The first-order valence-corrected chi connectivity index (χ1v) is 5.61. The van der Waals surface area contributed by atoms with E-state index in [1.54, 1.807) is 7.11 Å². The van der Waals surface area contributed by atoms with Crippen LogP contribution in [-0.2, 0) is 9.53 Å². The predicted octanol–water partition coefficient (Wildman–Crippen LogP) is 0.607. The van der Waals surface area contributed by atoms with Crippen molar-refractivity contribution in [3.63, 3.8) is 0 Å². The molecule has 0 aliphatic carbocycles. The highest BCUT2D eigenvalue weighted by Gasteiger charge is 2.29. The lowest BCUT2D eigenvalue weighted by Crippen LogP contribution is -2.52. The lowest BCUT2D eigenvalue weighted by atomic mass is 9.94. The van der Waals surface area contributed by atoms with Crippen LogP contribution in [0, 0.1) is 5.92 Å². The van der Waals surface area contributed by atoms with Gasteiger partial charge in [0.05, 0.1) is 6.61 Å². The normalized spacial score (nSPS) is 28.9. The lowest BCUT2D eigenvalue weighted by Gasteiger charge is -2.38. The molecule has 1 amide bonds. The van der Waals surface area contributed by atoms with E-state index in [9.17, 15) is 4.79 Å². The molecule has 0 bridgehead atoms. The molecule has 0 aromatic carbocycles. The fourth-order valence-corrected chi connectivity index (χ4v) is 2.06. The number of ether oxygens (including phenoxy) is 1. The smallest absolute Gasteiger partial charge is 0.242 e. The van der Waals surface area contributed by atoms with E-state index in [4.69, 9.17) is 10.5 Å². The number of hydrogen-bond acceptors (Lipinski definition) is 3. The Morgan fingerprint density at radius 2 is 2.20 bits per heavy atom. The van der Waals surface area contributed by atoms with Crippen LogP contribution in [-0.4, -0.2) is 43.2 Å². The molecule has 0 saturated carbocycles. The number of likely N-dealkylation sites (tertiary alicyclic amines) is 1. The third-order valence-corrected chi connectivity index (χ3v) is 3.06. The van der Waals surface area contributed by atoms with Crippen molar-refractivity contribution in [2.45, 2.75) is 38.8 Å². The molecule has 1 saturated heterocycles. The Bertz CT molecular complexity index is 221. The molecule has 1 aliphatic heterocycles. The van der Waals surface area contributed by atoms with E-state index in [-0.39, 0.29) is 5.91 Å². The van der Waals surface area contributed by atoms with Crippen molar-refractivity contribution in [2.24, 2.45) is 11.7 Å². The van der Waals surface area contributed by atoms with Gasteiger partial charge in [0.1, 0.15) is 6.04 Å². The highest BCUT2D eigenvalue weighted by Crippen LogP contribution is 2.21. The van der Waals surface area contributed by atoms with E-state index >= 15 is 0 Å². The van der Waals surface area contributed by atoms with Gasteiger partial charge in [-0.15, -0.1) is 0 Å². The zero-order valence-corrected chi connectivity index (χ0v) is 9.90. The van der Waals surface area contributed by atoms with Gasteiger partial charge in [0.25, 0.3) is 0 Å². The van der Waals surface area contributed by atoms with E-state index in [1.807, 2.05) is 4.90 Å². The van der Waals surface area contributed by atoms with Crippen LogP contribution in [0.15, 0.2) is 0 Å². The van der Waals surface area contributed by atoms with Crippen LogP contribution in [0.5, 0.6) is 0 Å². The van der Waals surface area contributed by atoms with Crippen LogP contribution in [0.2, 0.25) is 0 Å². The number of nitrogens with two attached hydrogens (primary N) is 1. The molecule has 0 aromatic heterocycles. The SMILES string of the molecule is COCC(N)C(=O)N1CC(C)CCC1C. The first-order valence-electron chi connectivity index (χ1n) is 5.61. The van der Waals surface area contributed by atoms with Crippen molar-refractivity contribution in [1.29, 1.82) is 0 Å². The fraction of sp³-hybridized carbons (Fsp3) is 0.909. The van der Waals surface area contributed by atoms with Gasteiger partial charge >= 0.3 is 0 Å². The summed E-state index contributed by atoms with van der Waals surface area (Å²) in [5.74, 6) is 0.607. The van der Waals surface area contributed by atoms with Gasteiger partial charge in [0, 0.05) is 19.7 Å². The van der Waals surface area contributed by atoms with E-state index in [1.165, 1.54) is 6.42 Å². The molecule has 0 aromatic rings. The van der Waals surface area contributed by atoms with Gasteiger partial charge in [-0.25, -0.2) is 0 Å². The third-order valence-electron chi connectivity index (χ3n) is 3.06. The molecule has 3 atom stereocenters. The highest BCUT2D eigenvalue weighted by molar-refractivity contribution is 5.82. The summed E-state index contributed by atoms with van der Waals surface area (Å²) in [5, 5.41) is 0. The molecule has 1 fully saturated rings. The van der Waals surface area contributed by atoms with Crippen LogP contribution in [0.3, 0.4) is 0 Å². The molecule has 3 unspecified atom stereocenters. The Hall–Kier alpha value is -0.610. The van der Waals surface area contributed by atoms with Gasteiger partial charge in [-0.05, 0) is 25.7 Å². The molecular formula is C11H22N2O2. The molecule has 1 aliphatic rings. The number of piperidine rings is 1. The summed E-state index contributed by atoms with van der Waals surface area (Å²) in [5.41, 5.74) is 5.75. The summed E-state index contributed by atoms with van der Waals surface area (Å²) in [6, 6.07) is -0.195. The summed E-state index contributed by atoms with van der Waals surface area (Å²) in [4.78, 5) is 13.9. The number of carbonyl (C=O) groups excluding carboxylic acids is 1. The molecule has 15 heavy (non-hydrogen) atoms. The zero-order valence-electron chi connectivity index (χ0n) is 9.90. The quantitative estimate of drug-likeness (QED) is 0.749. The van der Waals surface area contributed by atoms with Crippen molar-refractivity contribution in [3.05, 3.63) is 0 Å². The second-order valence-electron chi connectivity index (χ2n) is 4.58. The van der Waals surface area contributed by atoms with E-state index in [2.05, 4.69) is 13.8 Å². The average Bonchev–Trinajstić information content (AvgIpc) is 2.21. The van der Waals surface area contributed by atoms with Gasteiger partial charge < -0.3 is 15.4 Å². The van der Waals surface area contributed by atoms with Gasteiger partial charge in [0.15, 0.2) is 0 Å². The molecule has 0 radical (unpaired) electrons. The van der Waals surface area contributed by atoms with Crippen LogP contribution >= 0.6 is 0 Å². The summed E-state index contributed by atoms with van der Waals surface area (Å²) >= 11 is 0. The van der Waals surface area contributed by atoms with Gasteiger partial charge in [-0.2, -0.15) is 0 Å². The summed E-state index contributed by atoms with van der Waals surface area (Å²) in [7, 11) is 1.56. The second-order valence-corrected chi connectivity index (χ2v) is 4.58. The van der Waals surface area contributed by atoms with Crippen LogP contribution in [0.4, 0.5) is 0 Å². The first-order chi connectivity index (χ1) is 7.06. The van der Waals surface area contributed by atoms with E-state index < -0.39 is 6.04 Å². The molecule has 0 spiro atoms. The molecule has 4 heteroatoms. The summed E-state index contributed by atoms with van der Waals surface area (Å²) < 4.78 is 4.91. The Kier molecular flexibility index (Phi) is 4.54. The minimum absolute atomic E-state index is 0.0240. The number of rotatable bonds is 3. The fourth-order valence-electron chi connectivity index (χ4n) is 2.06. The van der Waals surface area contributed by atoms with Crippen molar-refractivity contribution in [1.82, 2.24) is 4.90 Å². The number of carbonyl (C=O) groups is 1. The van der Waals surface area contributed by atoms with Crippen LogP contribution < -0.4 is 5.73 Å². The summed E-state index contributed by atoms with van der Waals surface area (Å²) in [6.45, 7) is 5.39. The minimum Gasteiger partial charge on any atom is -0.383 e. The Balaban J connectivity index is 2.56. The number of nitrogens with zero attached hydrogens (tertiary/aromatic N) is 1. The van der Waals surface area contributed by atoms with E-state index in [0.29, 0.717) is 18.6 Å². The van der Waals surface area contributed by atoms with E-state index in [0.717, 1.165) is 13.0 Å². The van der Waals surface area contributed by atoms with Gasteiger partial charge in [-0.3, -0.25) is 4.79 Å². The standard InChI is InChI=1S/C11H22N2O2/c1-8-4-5-9(2)13(6-8)11(14)10(12)7-15-3/h8-10H,4-7,12H2,1-3H3. The van der Waals surface area contributed by atoms with Gasteiger partial charge in [-0.1, -0.05) is 6.92 Å². The predicted molar refractivity (Wildman–Crippen MR) is 59.4 cm³/mol. The van der Waals surface area contributed by atoms with Crippen LogP contribution in [0.25, 0.3) is 0 Å². The summed E-state index contributed by atoms with van der Waals surface area (Å²) in [6.07, 6.45) is 2.27.